The first-order chi connectivity index (χ1) is 22.8. The molecule has 2 amide bonds. The lowest BCUT2D eigenvalue weighted by molar-refractivity contribution is -0.131. The number of benzene rings is 3. The van der Waals surface area contributed by atoms with Crippen LogP contribution in [-0.2, 0) is 31.0 Å². The number of sulfonamides is 1. The highest BCUT2D eigenvalue weighted by Gasteiger charge is 2.32. The molecule has 4 atom stereocenters. The molecule has 0 saturated heterocycles. The van der Waals surface area contributed by atoms with Crippen LogP contribution in [0.3, 0.4) is 0 Å². The molecule has 4 rings (SSSR count). The third-order valence-corrected chi connectivity index (χ3v) is 9.01. The van der Waals surface area contributed by atoms with E-state index in [1.54, 1.807) is 24.3 Å². The Morgan fingerprint density at radius 2 is 1.48 bits per heavy atom. The number of carbonyl (C=O) groups is 2. The fourth-order valence-electron chi connectivity index (χ4n) is 4.80. The van der Waals surface area contributed by atoms with Crippen molar-refractivity contribution in [1.82, 2.24) is 25.6 Å². The van der Waals surface area contributed by atoms with E-state index in [-0.39, 0.29) is 35.8 Å². The summed E-state index contributed by atoms with van der Waals surface area (Å²) in [7, 11) is -4.12. The van der Waals surface area contributed by atoms with E-state index in [1.165, 1.54) is 19.1 Å². The molecule has 4 N–H and O–H groups in total. The van der Waals surface area contributed by atoms with Gasteiger partial charge in [-0.05, 0) is 62.9 Å². The van der Waals surface area contributed by atoms with Crippen LogP contribution in [0.2, 0.25) is 0 Å². The summed E-state index contributed by atoms with van der Waals surface area (Å²) < 4.78 is 40.4. The standard InChI is InChI=1S/C35H43N5O7S/c1-22(2)19-29(31(41)35-39-38-34(47-35)27-9-7-6-8-10-27)37-32(42)25(5)36-33(43)30(21-46-20-26-15-11-23(3)12-16-26)40-48(44,45)28-17-13-24(4)14-18-28/h6-18,22,25,29-31,40-41H,19-21H2,1-5H3,(H,36,43)(H,37,42)/t25-,29-,30-,31?/m0/s1. The summed E-state index contributed by atoms with van der Waals surface area (Å²) in [6, 6.07) is 19.6. The number of aliphatic hydroxyl groups excluding tert-OH is 1. The summed E-state index contributed by atoms with van der Waals surface area (Å²) in [6.07, 6.45) is -0.962. The van der Waals surface area contributed by atoms with Crippen LogP contribution in [0.1, 0.15) is 55.9 Å². The second kappa shape index (κ2) is 16.6. The predicted octanol–water partition coefficient (Wildman–Crippen LogP) is 3.99. The van der Waals surface area contributed by atoms with Gasteiger partial charge in [-0.2, -0.15) is 4.72 Å². The second-order valence-corrected chi connectivity index (χ2v) is 13.9. The molecule has 12 nitrogen and oxygen atoms in total. The van der Waals surface area contributed by atoms with Gasteiger partial charge in [-0.25, -0.2) is 8.42 Å². The molecule has 256 valence electrons. The summed E-state index contributed by atoms with van der Waals surface area (Å²) in [5.41, 5.74) is 3.48. The third kappa shape index (κ3) is 10.3. The highest BCUT2D eigenvalue weighted by Crippen LogP contribution is 2.25. The molecule has 13 heteroatoms. The average Bonchev–Trinajstić information content (AvgIpc) is 3.55. The number of carbonyl (C=O) groups excluding carboxylic acids is 2. The van der Waals surface area contributed by atoms with E-state index in [9.17, 15) is 23.1 Å². The van der Waals surface area contributed by atoms with Crippen molar-refractivity contribution in [2.45, 2.75) is 76.8 Å². The summed E-state index contributed by atoms with van der Waals surface area (Å²) in [5.74, 6) is -1.13. The lowest BCUT2D eigenvalue weighted by Gasteiger charge is -2.26. The lowest BCUT2D eigenvalue weighted by Crippen LogP contribution is -2.55. The molecule has 0 bridgehead atoms. The summed E-state index contributed by atoms with van der Waals surface area (Å²) in [6.45, 7) is 8.96. The summed E-state index contributed by atoms with van der Waals surface area (Å²) >= 11 is 0. The molecule has 4 aromatic rings. The number of ether oxygens (including phenoxy) is 1. The van der Waals surface area contributed by atoms with Gasteiger partial charge in [0.25, 0.3) is 0 Å². The number of rotatable bonds is 16. The number of nitrogens with one attached hydrogen (secondary N) is 3. The summed E-state index contributed by atoms with van der Waals surface area (Å²) in [5, 5.41) is 24.6. The van der Waals surface area contributed by atoms with Gasteiger partial charge in [0, 0.05) is 5.56 Å². The van der Waals surface area contributed by atoms with Gasteiger partial charge in [0.1, 0.15) is 12.1 Å². The second-order valence-electron chi connectivity index (χ2n) is 12.2. The SMILES string of the molecule is Cc1ccc(COC[C@H](NS(=O)(=O)c2ccc(C)cc2)C(=O)N[C@@H](C)C(=O)N[C@@H](CC(C)C)C(O)c2nnc(-c3ccccc3)o2)cc1. The molecule has 0 saturated carbocycles. The zero-order valence-electron chi connectivity index (χ0n) is 27.7. The molecule has 3 aromatic carbocycles. The van der Waals surface area contributed by atoms with Crippen LogP contribution in [0.25, 0.3) is 11.5 Å². The van der Waals surface area contributed by atoms with Crippen molar-refractivity contribution >= 4 is 21.8 Å². The monoisotopic (exact) mass is 677 g/mol. The molecular formula is C35H43N5O7S. The quantitative estimate of drug-likeness (QED) is 0.137. The van der Waals surface area contributed by atoms with Gasteiger partial charge in [0.2, 0.25) is 33.6 Å². The first-order valence-corrected chi connectivity index (χ1v) is 17.2. The Bertz CT molecular complexity index is 1740. The Labute approximate surface area is 281 Å². The van der Waals surface area contributed by atoms with E-state index >= 15 is 0 Å². The zero-order valence-corrected chi connectivity index (χ0v) is 28.5. The van der Waals surface area contributed by atoms with E-state index in [2.05, 4.69) is 25.6 Å². The Kier molecular flexibility index (Phi) is 12.6. The van der Waals surface area contributed by atoms with Crippen LogP contribution >= 0.6 is 0 Å². The average molecular weight is 678 g/mol. The lowest BCUT2D eigenvalue weighted by atomic mass is 9.98. The number of amides is 2. The van der Waals surface area contributed by atoms with Crippen LogP contribution in [0.15, 0.2) is 88.2 Å². The maximum atomic E-state index is 13.5. The topological polar surface area (TPSA) is 173 Å². The van der Waals surface area contributed by atoms with Crippen molar-refractivity contribution in [1.29, 1.82) is 0 Å². The van der Waals surface area contributed by atoms with Gasteiger partial charge < -0.3 is 24.9 Å². The molecule has 0 spiro atoms. The first-order valence-electron chi connectivity index (χ1n) is 15.7. The van der Waals surface area contributed by atoms with Crippen molar-refractivity contribution in [2.24, 2.45) is 5.92 Å². The van der Waals surface area contributed by atoms with Crippen LogP contribution in [0.4, 0.5) is 0 Å². The number of aromatic nitrogens is 2. The molecule has 0 radical (unpaired) electrons. The van der Waals surface area contributed by atoms with Gasteiger partial charge in [-0.15, -0.1) is 10.2 Å². The largest absolute Gasteiger partial charge is 0.418 e. The van der Waals surface area contributed by atoms with E-state index in [0.717, 1.165) is 16.7 Å². The highest BCUT2D eigenvalue weighted by atomic mass is 32.2. The molecule has 0 aliphatic heterocycles. The van der Waals surface area contributed by atoms with Gasteiger partial charge >= 0.3 is 0 Å². The molecule has 0 aliphatic rings. The maximum Gasteiger partial charge on any atom is 0.247 e. The number of hydrogen-bond donors (Lipinski definition) is 4. The Hall–Kier alpha value is -4.43. The first kappa shape index (κ1) is 36.4. The molecule has 1 aromatic heterocycles. The fourth-order valence-corrected chi connectivity index (χ4v) is 5.98. The molecule has 0 aliphatic carbocycles. The van der Waals surface area contributed by atoms with E-state index in [4.69, 9.17) is 9.15 Å². The minimum Gasteiger partial charge on any atom is -0.418 e. The Morgan fingerprint density at radius 3 is 2.10 bits per heavy atom. The molecular weight excluding hydrogens is 634 g/mol. The molecule has 0 fully saturated rings. The van der Waals surface area contributed by atoms with Gasteiger partial charge in [0.15, 0.2) is 6.10 Å². The van der Waals surface area contributed by atoms with Crippen LogP contribution in [0, 0.1) is 19.8 Å². The minimum atomic E-state index is -4.12. The van der Waals surface area contributed by atoms with Crippen molar-refractivity contribution in [3.63, 3.8) is 0 Å². The normalized spacial score (nSPS) is 14.2. The Morgan fingerprint density at radius 1 is 0.854 bits per heavy atom. The summed E-state index contributed by atoms with van der Waals surface area (Å²) in [4.78, 5) is 26.8. The number of aryl methyl sites for hydroxylation is 2. The fraction of sp³-hybridized carbons (Fsp3) is 0.371. The van der Waals surface area contributed by atoms with Crippen LogP contribution in [-0.4, -0.2) is 60.3 Å². The van der Waals surface area contributed by atoms with Crippen molar-refractivity contribution in [2.75, 3.05) is 6.61 Å². The van der Waals surface area contributed by atoms with Gasteiger partial charge in [-0.1, -0.05) is 79.6 Å². The zero-order chi connectivity index (χ0) is 34.8. The van der Waals surface area contributed by atoms with Crippen molar-refractivity contribution in [3.8, 4) is 11.5 Å². The molecule has 48 heavy (non-hydrogen) atoms. The molecule has 1 unspecified atom stereocenters. The maximum absolute atomic E-state index is 13.5. The number of hydrogen-bond acceptors (Lipinski definition) is 9. The third-order valence-electron chi connectivity index (χ3n) is 7.52. The Balaban J connectivity index is 1.45. The van der Waals surface area contributed by atoms with Crippen LogP contribution < -0.4 is 15.4 Å². The van der Waals surface area contributed by atoms with Gasteiger partial charge in [-0.3, -0.25) is 9.59 Å². The predicted molar refractivity (Wildman–Crippen MR) is 180 cm³/mol. The van der Waals surface area contributed by atoms with E-state index < -0.39 is 46.1 Å². The smallest absolute Gasteiger partial charge is 0.247 e. The highest BCUT2D eigenvalue weighted by molar-refractivity contribution is 7.89. The number of aliphatic hydroxyl groups is 1. The van der Waals surface area contributed by atoms with Crippen molar-refractivity contribution < 1.29 is 32.3 Å². The van der Waals surface area contributed by atoms with Crippen molar-refractivity contribution in [3.05, 3.63) is 101 Å². The minimum absolute atomic E-state index is 0.0165. The number of nitrogens with zero attached hydrogens (tertiary/aromatic N) is 2. The van der Waals surface area contributed by atoms with Crippen LogP contribution in [0.5, 0.6) is 0 Å². The van der Waals surface area contributed by atoms with E-state index in [1.807, 2.05) is 70.2 Å². The van der Waals surface area contributed by atoms with E-state index in [0.29, 0.717) is 12.0 Å². The van der Waals surface area contributed by atoms with Gasteiger partial charge in [0.05, 0.1) is 24.2 Å². The molecule has 1 heterocycles.